The maximum atomic E-state index is 4.16. The minimum absolute atomic E-state index is 0.581. The van der Waals surface area contributed by atoms with Crippen LogP contribution < -0.4 is 0 Å². The number of imidazole rings is 1. The number of benzene rings is 1. The molecule has 0 fully saturated rings. The van der Waals surface area contributed by atoms with Crippen molar-refractivity contribution in [2.24, 2.45) is 0 Å². The van der Waals surface area contributed by atoms with E-state index >= 15 is 0 Å². The molecule has 0 aliphatic carbocycles. The molecule has 0 saturated heterocycles. The Morgan fingerprint density at radius 3 is 2.25 bits per heavy atom. The van der Waals surface area contributed by atoms with Gasteiger partial charge in [0.25, 0.3) is 0 Å². The summed E-state index contributed by atoms with van der Waals surface area (Å²) in [6, 6.07) is 6.35. The molecule has 0 spiro atoms. The standard InChI is InChI=1S/C10H12N2.2C2H6/c1-7(2)8-3-4-9-10(5-8)12-6-11-9;2*1-2/h3-7H,1-2H3,(H,11,12);2*1-2H3. The largest absolute Gasteiger partial charge is 0.345 e. The third-order valence-electron chi connectivity index (χ3n) is 2.11. The minimum Gasteiger partial charge on any atom is -0.345 e. The highest BCUT2D eigenvalue weighted by Gasteiger charge is 2.00. The van der Waals surface area contributed by atoms with Gasteiger partial charge in [0.05, 0.1) is 17.4 Å². The quantitative estimate of drug-likeness (QED) is 0.739. The van der Waals surface area contributed by atoms with Crippen LogP contribution in [0.2, 0.25) is 0 Å². The van der Waals surface area contributed by atoms with Crippen molar-refractivity contribution in [1.29, 1.82) is 0 Å². The first-order chi connectivity index (χ1) is 7.77. The van der Waals surface area contributed by atoms with E-state index in [4.69, 9.17) is 0 Å². The van der Waals surface area contributed by atoms with Crippen LogP contribution in [0.3, 0.4) is 0 Å². The molecule has 1 heterocycles. The second-order valence-electron chi connectivity index (χ2n) is 3.33. The average Bonchev–Trinajstić information content (AvgIpc) is 2.81. The van der Waals surface area contributed by atoms with Crippen LogP contribution in [0.25, 0.3) is 11.0 Å². The molecule has 2 rings (SSSR count). The third kappa shape index (κ3) is 3.69. The highest BCUT2D eigenvalue weighted by atomic mass is 14.9. The lowest BCUT2D eigenvalue weighted by atomic mass is 10.0. The predicted molar refractivity (Wildman–Crippen MR) is 72.9 cm³/mol. The van der Waals surface area contributed by atoms with Gasteiger partial charge in [0.2, 0.25) is 0 Å². The van der Waals surface area contributed by atoms with Crippen molar-refractivity contribution in [1.82, 2.24) is 9.97 Å². The smallest absolute Gasteiger partial charge is 0.0931 e. The summed E-state index contributed by atoms with van der Waals surface area (Å²) >= 11 is 0. The normalized spacial score (nSPS) is 9.19. The molecule has 2 aromatic rings. The van der Waals surface area contributed by atoms with Gasteiger partial charge in [-0.2, -0.15) is 0 Å². The lowest BCUT2D eigenvalue weighted by Crippen LogP contribution is -1.85. The fraction of sp³-hybridized carbons (Fsp3) is 0.500. The Morgan fingerprint density at radius 2 is 1.69 bits per heavy atom. The lowest BCUT2D eigenvalue weighted by molar-refractivity contribution is 0.868. The van der Waals surface area contributed by atoms with Gasteiger partial charge in [-0.05, 0) is 23.6 Å². The number of fused-ring (bicyclic) bond motifs is 1. The fourth-order valence-corrected chi connectivity index (χ4v) is 1.31. The maximum Gasteiger partial charge on any atom is 0.0931 e. The van der Waals surface area contributed by atoms with Gasteiger partial charge in [0, 0.05) is 0 Å². The number of H-pyrrole nitrogens is 1. The summed E-state index contributed by atoms with van der Waals surface area (Å²) in [5.41, 5.74) is 3.52. The molecule has 0 bridgehead atoms. The Bertz CT molecular complexity index is 388. The van der Waals surface area contributed by atoms with E-state index in [9.17, 15) is 0 Å². The predicted octanol–water partition coefficient (Wildman–Crippen LogP) is 4.74. The van der Waals surface area contributed by atoms with E-state index in [0.29, 0.717) is 5.92 Å². The van der Waals surface area contributed by atoms with Gasteiger partial charge < -0.3 is 4.98 Å². The van der Waals surface area contributed by atoms with E-state index in [-0.39, 0.29) is 0 Å². The fourth-order valence-electron chi connectivity index (χ4n) is 1.31. The van der Waals surface area contributed by atoms with E-state index in [1.54, 1.807) is 6.33 Å². The molecule has 0 radical (unpaired) electrons. The SMILES string of the molecule is CC.CC.CC(C)c1ccc2nc[nH]c2c1. The molecule has 2 heteroatoms. The van der Waals surface area contributed by atoms with Crippen molar-refractivity contribution < 1.29 is 0 Å². The van der Waals surface area contributed by atoms with Crippen LogP contribution in [0.15, 0.2) is 24.5 Å². The number of nitrogens with one attached hydrogen (secondary N) is 1. The van der Waals surface area contributed by atoms with Crippen molar-refractivity contribution >= 4 is 11.0 Å². The van der Waals surface area contributed by atoms with Crippen molar-refractivity contribution in [3.8, 4) is 0 Å². The monoisotopic (exact) mass is 220 g/mol. The summed E-state index contributed by atoms with van der Waals surface area (Å²) in [5, 5.41) is 0. The van der Waals surface area contributed by atoms with E-state index in [1.807, 2.05) is 27.7 Å². The molecular formula is C14H24N2. The highest BCUT2D eigenvalue weighted by Crippen LogP contribution is 2.18. The zero-order valence-electron chi connectivity index (χ0n) is 11.3. The van der Waals surface area contributed by atoms with Crippen molar-refractivity contribution in [3.63, 3.8) is 0 Å². The molecule has 1 aromatic heterocycles. The molecule has 0 aliphatic heterocycles. The molecule has 1 N–H and O–H groups in total. The van der Waals surface area contributed by atoms with Crippen LogP contribution in [0, 0.1) is 0 Å². The van der Waals surface area contributed by atoms with Gasteiger partial charge in [0.1, 0.15) is 0 Å². The van der Waals surface area contributed by atoms with Crippen molar-refractivity contribution in [2.45, 2.75) is 47.5 Å². The Labute approximate surface area is 99.1 Å². The van der Waals surface area contributed by atoms with Gasteiger partial charge in [-0.1, -0.05) is 47.6 Å². The molecule has 0 aliphatic rings. The first kappa shape index (κ1) is 14.7. The average molecular weight is 220 g/mol. The number of rotatable bonds is 1. The molecule has 0 amide bonds. The van der Waals surface area contributed by atoms with Crippen LogP contribution >= 0.6 is 0 Å². The summed E-state index contributed by atoms with van der Waals surface area (Å²) in [6.07, 6.45) is 1.73. The molecule has 16 heavy (non-hydrogen) atoms. The Kier molecular flexibility index (Phi) is 7.27. The zero-order valence-corrected chi connectivity index (χ0v) is 11.3. The van der Waals surface area contributed by atoms with Gasteiger partial charge in [0.15, 0.2) is 0 Å². The molecule has 90 valence electrons. The van der Waals surface area contributed by atoms with Crippen LogP contribution in [0.5, 0.6) is 0 Å². The molecule has 2 nitrogen and oxygen atoms in total. The van der Waals surface area contributed by atoms with Crippen LogP contribution in [-0.4, -0.2) is 9.97 Å². The minimum atomic E-state index is 0.581. The number of aromatic amines is 1. The van der Waals surface area contributed by atoms with Crippen LogP contribution in [0.1, 0.15) is 53.0 Å². The summed E-state index contributed by atoms with van der Waals surface area (Å²) < 4.78 is 0. The number of aromatic nitrogens is 2. The summed E-state index contributed by atoms with van der Waals surface area (Å²) in [5.74, 6) is 0.581. The van der Waals surface area contributed by atoms with E-state index in [1.165, 1.54) is 5.56 Å². The number of nitrogens with zero attached hydrogens (tertiary/aromatic N) is 1. The summed E-state index contributed by atoms with van der Waals surface area (Å²) in [4.78, 5) is 7.27. The lowest BCUT2D eigenvalue weighted by Gasteiger charge is -2.03. The van der Waals surface area contributed by atoms with E-state index in [0.717, 1.165) is 11.0 Å². The highest BCUT2D eigenvalue weighted by molar-refractivity contribution is 5.75. The number of hydrogen-bond acceptors (Lipinski definition) is 1. The topological polar surface area (TPSA) is 28.7 Å². The Morgan fingerprint density at radius 1 is 1.06 bits per heavy atom. The molecule has 1 aromatic carbocycles. The third-order valence-corrected chi connectivity index (χ3v) is 2.11. The summed E-state index contributed by atoms with van der Waals surface area (Å²) in [6.45, 7) is 12.4. The molecule has 0 unspecified atom stereocenters. The van der Waals surface area contributed by atoms with Gasteiger partial charge in [-0.15, -0.1) is 0 Å². The van der Waals surface area contributed by atoms with Gasteiger partial charge in [-0.3, -0.25) is 0 Å². The second kappa shape index (κ2) is 7.91. The van der Waals surface area contributed by atoms with E-state index < -0.39 is 0 Å². The maximum absolute atomic E-state index is 4.16. The Balaban J connectivity index is 0.000000509. The first-order valence-corrected chi connectivity index (χ1v) is 6.20. The van der Waals surface area contributed by atoms with Crippen LogP contribution in [0.4, 0.5) is 0 Å². The van der Waals surface area contributed by atoms with E-state index in [2.05, 4.69) is 42.0 Å². The van der Waals surface area contributed by atoms with Crippen LogP contribution in [-0.2, 0) is 0 Å². The molecule has 0 saturated carbocycles. The van der Waals surface area contributed by atoms with Crippen molar-refractivity contribution in [3.05, 3.63) is 30.1 Å². The van der Waals surface area contributed by atoms with Crippen molar-refractivity contribution in [2.75, 3.05) is 0 Å². The molecule has 0 atom stereocenters. The van der Waals surface area contributed by atoms with Gasteiger partial charge >= 0.3 is 0 Å². The zero-order chi connectivity index (χ0) is 12.6. The summed E-state index contributed by atoms with van der Waals surface area (Å²) in [7, 11) is 0. The molecular weight excluding hydrogens is 196 g/mol. The first-order valence-electron chi connectivity index (χ1n) is 6.20. The second-order valence-corrected chi connectivity index (χ2v) is 3.33. The van der Waals surface area contributed by atoms with Gasteiger partial charge in [-0.25, -0.2) is 4.98 Å². The number of hydrogen-bond donors (Lipinski definition) is 1. The Hall–Kier alpha value is -1.31.